The second-order valence-electron chi connectivity index (χ2n) is 5.49. The zero-order valence-electron chi connectivity index (χ0n) is 12.4. The Morgan fingerprint density at radius 2 is 1.30 bits per heavy atom. The predicted molar refractivity (Wildman–Crippen MR) is 84.5 cm³/mol. The van der Waals surface area contributed by atoms with E-state index >= 15 is 0 Å². The van der Waals surface area contributed by atoms with Gasteiger partial charge in [-0.25, -0.2) is 4.79 Å². The summed E-state index contributed by atoms with van der Waals surface area (Å²) in [6.45, 7) is 0. The molecule has 0 aromatic heterocycles. The molecule has 5 nitrogen and oxygen atoms in total. The van der Waals surface area contributed by atoms with Crippen LogP contribution in [0.25, 0.3) is 0 Å². The zero-order valence-corrected chi connectivity index (χ0v) is 12.4. The van der Waals surface area contributed by atoms with Gasteiger partial charge in [-0.2, -0.15) is 0 Å². The Balaban J connectivity index is 1.96. The number of hydrogen-bond donors (Lipinski definition) is 2. The summed E-state index contributed by atoms with van der Waals surface area (Å²) in [5.74, 6) is -2.38. The monoisotopic (exact) mass is 308 g/mol. The van der Waals surface area contributed by atoms with Crippen LogP contribution in [0.5, 0.6) is 0 Å². The molecule has 4 amide bonds. The highest BCUT2D eigenvalue weighted by atomic mass is 16.2. The van der Waals surface area contributed by atoms with Crippen molar-refractivity contribution in [2.45, 2.75) is 12.3 Å². The Morgan fingerprint density at radius 3 is 1.87 bits per heavy atom. The lowest BCUT2D eigenvalue weighted by molar-refractivity contribution is -0.136. The molecule has 1 aliphatic rings. The number of barbiturate groups is 1. The minimum absolute atomic E-state index is 0.341. The van der Waals surface area contributed by atoms with E-state index in [1.54, 1.807) is 0 Å². The van der Waals surface area contributed by atoms with Crippen LogP contribution >= 0.6 is 0 Å². The van der Waals surface area contributed by atoms with Gasteiger partial charge in [-0.05, 0) is 17.5 Å². The van der Waals surface area contributed by atoms with Crippen LogP contribution in [0.2, 0.25) is 0 Å². The second-order valence-corrected chi connectivity index (χ2v) is 5.49. The van der Waals surface area contributed by atoms with Gasteiger partial charge in [-0.15, -0.1) is 0 Å². The van der Waals surface area contributed by atoms with Crippen molar-refractivity contribution in [1.82, 2.24) is 10.6 Å². The maximum Gasteiger partial charge on any atom is 0.328 e. The minimum atomic E-state index is -0.935. The van der Waals surface area contributed by atoms with Crippen molar-refractivity contribution in [3.63, 3.8) is 0 Å². The molecule has 1 aliphatic heterocycles. The molecule has 0 aliphatic carbocycles. The van der Waals surface area contributed by atoms with Crippen LogP contribution in [0.3, 0.4) is 0 Å². The number of benzene rings is 2. The Bertz CT molecular complexity index is 708. The third-order valence-corrected chi connectivity index (χ3v) is 3.97. The number of rotatable bonds is 4. The lowest BCUT2D eigenvalue weighted by atomic mass is 9.80. The van der Waals surface area contributed by atoms with E-state index < -0.39 is 23.8 Å². The number of carbonyl (C=O) groups is 3. The van der Waals surface area contributed by atoms with Crippen LogP contribution in [0.4, 0.5) is 4.79 Å². The van der Waals surface area contributed by atoms with E-state index in [-0.39, 0.29) is 5.92 Å². The van der Waals surface area contributed by atoms with E-state index in [0.717, 1.165) is 11.1 Å². The molecular formula is C18H16N2O3. The van der Waals surface area contributed by atoms with Gasteiger partial charge in [0.05, 0.1) is 0 Å². The van der Waals surface area contributed by atoms with Crippen molar-refractivity contribution in [2.75, 3.05) is 0 Å². The smallest absolute Gasteiger partial charge is 0.277 e. The number of amides is 4. The normalized spacial score (nSPS) is 16.6. The van der Waals surface area contributed by atoms with Crippen LogP contribution in [0, 0.1) is 5.92 Å². The molecule has 0 spiro atoms. The van der Waals surface area contributed by atoms with Crippen molar-refractivity contribution in [3.05, 3.63) is 71.8 Å². The maximum atomic E-state index is 12.2. The SMILES string of the molecule is O=C1NC(=O)C([C@@H](Cc2ccccc2)c2ccccc2)C(=O)N1. The summed E-state index contributed by atoms with van der Waals surface area (Å²) >= 11 is 0. The van der Waals surface area contributed by atoms with Crippen LogP contribution in [-0.4, -0.2) is 17.8 Å². The topological polar surface area (TPSA) is 75.3 Å². The van der Waals surface area contributed by atoms with Gasteiger partial charge in [-0.1, -0.05) is 60.7 Å². The van der Waals surface area contributed by atoms with E-state index in [1.807, 2.05) is 60.7 Å². The van der Waals surface area contributed by atoms with Crippen molar-refractivity contribution in [1.29, 1.82) is 0 Å². The summed E-state index contributed by atoms with van der Waals surface area (Å²) in [4.78, 5) is 35.7. The first kappa shape index (κ1) is 15.0. The largest absolute Gasteiger partial charge is 0.328 e. The van der Waals surface area contributed by atoms with Gasteiger partial charge in [0.1, 0.15) is 5.92 Å². The lowest BCUT2D eigenvalue weighted by Gasteiger charge is -2.28. The average Bonchev–Trinajstić information content (AvgIpc) is 2.55. The molecule has 116 valence electrons. The molecule has 1 fully saturated rings. The first-order valence-corrected chi connectivity index (χ1v) is 7.39. The molecule has 1 saturated heterocycles. The van der Waals surface area contributed by atoms with Crippen LogP contribution in [0.1, 0.15) is 17.0 Å². The number of nitrogens with one attached hydrogen (secondary N) is 2. The van der Waals surface area contributed by atoms with E-state index in [2.05, 4.69) is 10.6 Å². The fourth-order valence-corrected chi connectivity index (χ4v) is 2.89. The van der Waals surface area contributed by atoms with Crippen LogP contribution in [0.15, 0.2) is 60.7 Å². The number of imide groups is 2. The van der Waals surface area contributed by atoms with Gasteiger partial charge in [-0.3, -0.25) is 20.2 Å². The molecule has 2 aromatic rings. The fraction of sp³-hybridized carbons (Fsp3) is 0.167. The number of hydrogen-bond acceptors (Lipinski definition) is 3. The Morgan fingerprint density at radius 1 is 0.783 bits per heavy atom. The van der Waals surface area contributed by atoms with E-state index in [9.17, 15) is 14.4 Å². The molecule has 3 rings (SSSR count). The van der Waals surface area contributed by atoms with E-state index in [0.29, 0.717) is 6.42 Å². The Hall–Kier alpha value is -2.95. The Kier molecular flexibility index (Phi) is 4.19. The van der Waals surface area contributed by atoms with Gasteiger partial charge in [0.2, 0.25) is 11.8 Å². The van der Waals surface area contributed by atoms with Gasteiger partial charge in [0, 0.05) is 5.92 Å². The molecule has 2 N–H and O–H groups in total. The predicted octanol–water partition coefficient (Wildman–Crippen LogP) is 2.00. The second kappa shape index (κ2) is 6.44. The first-order valence-electron chi connectivity index (χ1n) is 7.39. The zero-order chi connectivity index (χ0) is 16.2. The van der Waals surface area contributed by atoms with Crippen molar-refractivity contribution in [2.24, 2.45) is 5.92 Å². The summed E-state index contributed by atoms with van der Waals surface area (Å²) in [5.41, 5.74) is 1.92. The highest BCUT2D eigenvalue weighted by molar-refractivity contribution is 6.16. The average molecular weight is 308 g/mol. The third-order valence-electron chi connectivity index (χ3n) is 3.97. The van der Waals surface area contributed by atoms with E-state index in [1.165, 1.54) is 0 Å². The summed E-state index contributed by atoms with van der Waals surface area (Å²) in [7, 11) is 0. The summed E-state index contributed by atoms with van der Waals surface area (Å²) < 4.78 is 0. The number of carbonyl (C=O) groups excluding carboxylic acids is 3. The fourth-order valence-electron chi connectivity index (χ4n) is 2.89. The molecule has 1 atom stereocenters. The first-order chi connectivity index (χ1) is 11.1. The molecule has 23 heavy (non-hydrogen) atoms. The van der Waals surface area contributed by atoms with Crippen LogP contribution in [-0.2, 0) is 16.0 Å². The van der Waals surface area contributed by atoms with Gasteiger partial charge in [0.15, 0.2) is 0 Å². The minimum Gasteiger partial charge on any atom is -0.277 e. The lowest BCUT2D eigenvalue weighted by Crippen LogP contribution is -2.57. The van der Waals surface area contributed by atoms with Crippen molar-refractivity contribution in [3.8, 4) is 0 Å². The molecular weight excluding hydrogens is 292 g/mol. The van der Waals surface area contributed by atoms with E-state index in [4.69, 9.17) is 0 Å². The summed E-state index contributed by atoms with van der Waals surface area (Å²) in [6, 6.07) is 18.3. The quantitative estimate of drug-likeness (QED) is 0.848. The highest BCUT2D eigenvalue weighted by Gasteiger charge is 2.40. The standard InChI is InChI=1S/C18H16N2O3/c21-16-15(17(22)20-18(23)19-16)14(13-9-5-2-6-10-13)11-12-7-3-1-4-8-12/h1-10,14-15H,11H2,(H2,19,20,21,22,23)/t14-/m0/s1. The van der Waals surface area contributed by atoms with Crippen LogP contribution < -0.4 is 10.6 Å². The molecule has 0 unspecified atom stereocenters. The molecule has 2 aromatic carbocycles. The number of urea groups is 1. The molecule has 5 heteroatoms. The molecule has 1 heterocycles. The Labute approximate surface area is 133 Å². The highest BCUT2D eigenvalue weighted by Crippen LogP contribution is 2.30. The van der Waals surface area contributed by atoms with Gasteiger partial charge < -0.3 is 0 Å². The van der Waals surface area contributed by atoms with Crippen molar-refractivity contribution < 1.29 is 14.4 Å². The maximum absolute atomic E-state index is 12.2. The molecule has 0 bridgehead atoms. The summed E-state index contributed by atoms with van der Waals surface area (Å²) in [6.07, 6.45) is 0.532. The van der Waals surface area contributed by atoms with Gasteiger partial charge >= 0.3 is 6.03 Å². The molecule has 0 radical (unpaired) electrons. The summed E-state index contributed by atoms with van der Waals surface area (Å²) in [5, 5.41) is 4.37. The van der Waals surface area contributed by atoms with Crippen molar-refractivity contribution >= 4 is 17.8 Å². The van der Waals surface area contributed by atoms with Gasteiger partial charge in [0.25, 0.3) is 0 Å². The third kappa shape index (κ3) is 3.29. The molecule has 0 saturated carbocycles.